The lowest BCUT2D eigenvalue weighted by atomic mass is 10.2. The molecule has 0 aliphatic rings. The van der Waals surface area contributed by atoms with Gasteiger partial charge in [-0.25, -0.2) is 0 Å². The molecule has 0 rings (SSSR count). The lowest BCUT2D eigenvalue weighted by Crippen LogP contribution is -2.24. The van der Waals surface area contributed by atoms with Crippen LogP contribution in [-0.2, 0) is 14.3 Å². The summed E-state index contributed by atoms with van der Waals surface area (Å²) in [7, 11) is 0. The van der Waals surface area contributed by atoms with E-state index >= 15 is 0 Å². The zero-order chi connectivity index (χ0) is 11.8. The van der Waals surface area contributed by atoms with Gasteiger partial charge in [-0.05, 0) is 20.8 Å². The predicted molar refractivity (Wildman–Crippen MR) is 54.5 cm³/mol. The molecule has 84 valence electrons. The normalized spacial score (nSPS) is 9.79. The molecule has 0 aliphatic carbocycles. The van der Waals surface area contributed by atoms with Crippen molar-refractivity contribution in [3.05, 3.63) is 0 Å². The summed E-state index contributed by atoms with van der Waals surface area (Å²) in [5.41, 5.74) is -0.532. The van der Waals surface area contributed by atoms with E-state index in [1.54, 1.807) is 20.8 Å². The van der Waals surface area contributed by atoms with Crippen LogP contribution >= 0.6 is 11.6 Å². The first-order valence-electron chi connectivity index (χ1n) is 4.13. The Labute approximate surface area is 89.2 Å². The SMILES string of the molecule is CC(C)(C)OC(=O)CCC(=O)O.CCl. The number of carbonyl (C=O) groups is 2. The van der Waals surface area contributed by atoms with Crippen molar-refractivity contribution in [1.29, 1.82) is 0 Å². The van der Waals surface area contributed by atoms with Gasteiger partial charge in [-0.1, -0.05) is 0 Å². The quantitative estimate of drug-likeness (QED) is 0.589. The Bertz CT molecular complexity index is 184. The molecule has 0 bridgehead atoms. The Kier molecular flexibility index (Phi) is 8.54. The number of carbonyl (C=O) groups excluding carboxylic acids is 1. The number of alkyl halides is 1. The van der Waals surface area contributed by atoms with Gasteiger partial charge in [0.05, 0.1) is 12.8 Å². The molecule has 5 heteroatoms. The number of halogens is 1. The van der Waals surface area contributed by atoms with Gasteiger partial charge in [-0.3, -0.25) is 9.59 Å². The zero-order valence-corrected chi connectivity index (χ0v) is 9.72. The van der Waals surface area contributed by atoms with E-state index < -0.39 is 17.5 Å². The van der Waals surface area contributed by atoms with Crippen LogP contribution in [0.1, 0.15) is 33.6 Å². The number of carboxylic acids is 1. The molecule has 0 heterocycles. The van der Waals surface area contributed by atoms with Crippen molar-refractivity contribution < 1.29 is 19.4 Å². The van der Waals surface area contributed by atoms with E-state index in [2.05, 4.69) is 11.6 Å². The van der Waals surface area contributed by atoms with E-state index in [-0.39, 0.29) is 12.8 Å². The number of hydrogen-bond acceptors (Lipinski definition) is 3. The lowest BCUT2D eigenvalue weighted by Gasteiger charge is -2.18. The van der Waals surface area contributed by atoms with Crippen LogP contribution in [0.15, 0.2) is 0 Å². The molecule has 0 aromatic rings. The van der Waals surface area contributed by atoms with Crippen molar-refractivity contribution in [2.45, 2.75) is 39.2 Å². The Morgan fingerprint density at radius 2 is 1.64 bits per heavy atom. The van der Waals surface area contributed by atoms with Crippen LogP contribution in [0.25, 0.3) is 0 Å². The van der Waals surface area contributed by atoms with Crippen LogP contribution in [-0.4, -0.2) is 29.0 Å². The summed E-state index contributed by atoms with van der Waals surface area (Å²) in [6, 6.07) is 0. The number of aliphatic carboxylic acids is 1. The first-order chi connectivity index (χ1) is 6.31. The van der Waals surface area contributed by atoms with Crippen molar-refractivity contribution in [2.75, 3.05) is 6.38 Å². The average Bonchev–Trinajstić information content (AvgIpc) is 2.02. The van der Waals surface area contributed by atoms with Gasteiger partial charge in [-0.2, -0.15) is 0 Å². The van der Waals surface area contributed by atoms with Crippen molar-refractivity contribution in [3.63, 3.8) is 0 Å². The minimum atomic E-state index is -0.985. The van der Waals surface area contributed by atoms with Crippen molar-refractivity contribution in [2.24, 2.45) is 0 Å². The highest BCUT2D eigenvalue weighted by atomic mass is 35.5. The lowest BCUT2D eigenvalue weighted by molar-refractivity contribution is -0.157. The Hall–Kier alpha value is -0.770. The Morgan fingerprint density at radius 3 is 1.93 bits per heavy atom. The van der Waals surface area contributed by atoms with E-state index in [1.807, 2.05) is 0 Å². The van der Waals surface area contributed by atoms with Crippen LogP contribution < -0.4 is 0 Å². The van der Waals surface area contributed by atoms with E-state index in [4.69, 9.17) is 9.84 Å². The van der Waals surface area contributed by atoms with Crippen LogP contribution in [0.3, 0.4) is 0 Å². The van der Waals surface area contributed by atoms with Gasteiger partial charge in [0.1, 0.15) is 5.60 Å². The van der Waals surface area contributed by atoms with Crippen LogP contribution in [0.4, 0.5) is 0 Å². The molecule has 0 aromatic carbocycles. The highest BCUT2D eigenvalue weighted by molar-refractivity contribution is 6.15. The second kappa shape index (κ2) is 7.62. The minimum absolute atomic E-state index is 0.0629. The molecule has 0 fully saturated rings. The fraction of sp³-hybridized carbons (Fsp3) is 0.778. The summed E-state index contributed by atoms with van der Waals surface area (Å²) < 4.78 is 4.89. The number of esters is 1. The van der Waals surface area contributed by atoms with Crippen molar-refractivity contribution in [3.8, 4) is 0 Å². The summed E-state index contributed by atoms with van der Waals surface area (Å²) in [6.07, 6.45) is 1.24. The topological polar surface area (TPSA) is 63.6 Å². The molecule has 0 unspecified atom stereocenters. The summed E-state index contributed by atoms with van der Waals surface area (Å²) in [5, 5.41) is 8.25. The second-order valence-electron chi connectivity index (χ2n) is 3.48. The second-order valence-corrected chi connectivity index (χ2v) is 3.48. The van der Waals surface area contributed by atoms with E-state index in [0.717, 1.165) is 0 Å². The molecule has 0 amide bonds. The van der Waals surface area contributed by atoms with Crippen molar-refractivity contribution >= 4 is 23.5 Å². The van der Waals surface area contributed by atoms with Gasteiger partial charge in [-0.15, -0.1) is 11.6 Å². The summed E-state index contributed by atoms with van der Waals surface area (Å²) in [4.78, 5) is 20.9. The van der Waals surface area contributed by atoms with Gasteiger partial charge >= 0.3 is 11.9 Å². The third-order valence-corrected chi connectivity index (χ3v) is 0.963. The van der Waals surface area contributed by atoms with Gasteiger partial charge in [0, 0.05) is 6.38 Å². The third kappa shape index (κ3) is 13.8. The number of rotatable bonds is 3. The van der Waals surface area contributed by atoms with Crippen molar-refractivity contribution in [1.82, 2.24) is 0 Å². The summed E-state index contributed by atoms with van der Waals surface area (Å²) in [6.45, 7) is 5.23. The molecule has 0 atom stereocenters. The fourth-order valence-corrected chi connectivity index (χ4v) is 0.602. The zero-order valence-electron chi connectivity index (χ0n) is 8.96. The monoisotopic (exact) mass is 224 g/mol. The van der Waals surface area contributed by atoms with Gasteiger partial charge < -0.3 is 9.84 Å². The highest BCUT2D eigenvalue weighted by Gasteiger charge is 2.16. The molecule has 1 N–H and O–H groups in total. The molecule has 0 aliphatic heterocycles. The van der Waals surface area contributed by atoms with Gasteiger partial charge in [0.25, 0.3) is 0 Å². The first-order valence-corrected chi connectivity index (χ1v) is 4.88. The molecule has 0 aromatic heterocycles. The maximum absolute atomic E-state index is 10.9. The smallest absolute Gasteiger partial charge is 0.306 e. The van der Waals surface area contributed by atoms with E-state index in [0.29, 0.717) is 0 Å². The Balaban J connectivity index is 0. The molecule has 0 spiro atoms. The highest BCUT2D eigenvalue weighted by Crippen LogP contribution is 2.08. The van der Waals surface area contributed by atoms with Crippen LogP contribution in [0, 0.1) is 0 Å². The largest absolute Gasteiger partial charge is 0.481 e. The number of carboxylic acid groups (broad SMARTS) is 1. The summed E-state index contributed by atoms with van der Waals surface area (Å²) in [5.74, 6) is -1.45. The maximum Gasteiger partial charge on any atom is 0.306 e. The van der Waals surface area contributed by atoms with Crippen LogP contribution in [0.5, 0.6) is 0 Å². The third-order valence-electron chi connectivity index (χ3n) is 0.963. The van der Waals surface area contributed by atoms with Gasteiger partial charge in [0.15, 0.2) is 0 Å². The van der Waals surface area contributed by atoms with Crippen LogP contribution in [0.2, 0.25) is 0 Å². The number of ether oxygens (including phenoxy) is 1. The predicted octanol–water partition coefficient (Wildman–Crippen LogP) is 2.05. The first kappa shape index (κ1) is 15.7. The Morgan fingerprint density at radius 1 is 1.21 bits per heavy atom. The molecule has 0 saturated carbocycles. The molecule has 14 heavy (non-hydrogen) atoms. The molecule has 4 nitrogen and oxygen atoms in total. The minimum Gasteiger partial charge on any atom is -0.481 e. The van der Waals surface area contributed by atoms with Gasteiger partial charge in [0.2, 0.25) is 0 Å². The van der Waals surface area contributed by atoms with E-state index in [9.17, 15) is 9.59 Å². The molecule has 0 saturated heterocycles. The summed E-state index contributed by atoms with van der Waals surface area (Å²) >= 11 is 4.64. The maximum atomic E-state index is 10.9. The average molecular weight is 225 g/mol. The number of hydrogen-bond donors (Lipinski definition) is 1. The molecular formula is C9H17ClO4. The molecule has 0 radical (unpaired) electrons. The fourth-order valence-electron chi connectivity index (χ4n) is 0.602. The van der Waals surface area contributed by atoms with E-state index in [1.165, 1.54) is 6.38 Å². The molecular weight excluding hydrogens is 208 g/mol. The standard InChI is InChI=1S/C8H14O4.CH3Cl/c1-8(2,3)12-7(11)5-4-6(9)10;1-2/h4-5H2,1-3H3,(H,9,10);1H3.